The van der Waals surface area contributed by atoms with Crippen LogP contribution in [-0.4, -0.2) is 83.2 Å². The molecule has 4 aliphatic heterocycles. The number of carbonyl (C=O) groups is 3. The van der Waals surface area contributed by atoms with Crippen LogP contribution in [0.5, 0.6) is 0 Å². The third-order valence-electron chi connectivity index (χ3n) is 8.51. The first-order valence-electron chi connectivity index (χ1n) is 14.2. The maximum absolute atomic E-state index is 14.4. The van der Waals surface area contributed by atoms with Crippen molar-refractivity contribution in [3.63, 3.8) is 0 Å². The van der Waals surface area contributed by atoms with Gasteiger partial charge < -0.3 is 24.5 Å². The summed E-state index contributed by atoms with van der Waals surface area (Å²) in [5.41, 5.74) is 1.91. The minimum atomic E-state index is -0.828. The Balaban J connectivity index is 1.49. The first-order valence-corrected chi connectivity index (χ1v) is 15.1. The molecule has 0 radical (unpaired) electrons. The molecule has 8 nitrogen and oxygen atoms in total. The highest BCUT2D eigenvalue weighted by atomic mass is 32.2. The Morgan fingerprint density at radius 2 is 1.77 bits per heavy atom. The molecular formula is C30H39N3O5S. The highest BCUT2D eigenvalue weighted by molar-refractivity contribution is 8.02. The molecule has 2 fully saturated rings. The fourth-order valence-electron chi connectivity index (χ4n) is 6.62. The van der Waals surface area contributed by atoms with Gasteiger partial charge in [-0.3, -0.25) is 14.4 Å². The molecule has 0 saturated carbocycles. The summed E-state index contributed by atoms with van der Waals surface area (Å²) in [5, 5.41) is 8.93. The van der Waals surface area contributed by atoms with E-state index in [2.05, 4.69) is 18.7 Å². The van der Waals surface area contributed by atoms with Gasteiger partial charge in [0.1, 0.15) is 12.6 Å². The number of amides is 2. The van der Waals surface area contributed by atoms with Gasteiger partial charge in [0.25, 0.3) is 5.91 Å². The Morgan fingerprint density at radius 3 is 2.49 bits per heavy atom. The summed E-state index contributed by atoms with van der Waals surface area (Å²) in [4.78, 5) is 47.4. The van der Waals surface area contributed by atoms with Crippen molar-refractivity contribution >= 4 is 40.9 Å². The number of rotatable bonds is 10. The van der Waals surface area contributed by atoms with Crippen LogP contribution in [0.4, 0.5) is 11.4 Å². The minimum Gasteiger partial charge on any atom is -0.461 e. The molecule has 1 aromatic carbocycles. The maximum atomic E-state index is 14.4. The van der Waals surface area contributed by atoms with Crippen LogP contribution in [0.25, 0.3) is 0 Å². The second kappa shape index (κ2) is 11.8. The molecule has 5 rings (SSSR count). The summed E-state index contributed by atoms with van der Waals surface area (Å²) in [6.07, 6.45) is 11.0. The van der Waals surface area contributed by atoms with Gasteiger partial charge >= 0.3 is 5.97 Å². The molecule has 0 bridgehead atoms. The summed E-state index contributed by atoms with van der Waals surface area (Å²) in [7, 11) is 0. The molecule has 2 amide bonds. The van der Waals surface area contributed by atoms with E-state index < -0.39 is 22.6 Å². The third kappa shape index (κ3) is 4.88. The fraction of sp³-hybridized carbons (Fsp3) is 0.567. The van der Waals surface area contributed by atoms with Crippen LogP contribution in [0.1, 0.15) is 39.5 Å². The molecule has 5 atom stereocenters. The van der Waals surface area contributed by atoms with E-state index in [1.165, 1.54) is 0 Å². The third-order valence-corrected chi connectivity index (χ3v) is 10.3. The van der Waals surface area contributed by atoms with Crippen molar-refractivity contribution < 1.29 is 24.2 Å². The smallest absolute Gasteiger partial charge is 0.311 e. The first kappa shape index (κ1) is 27.8. The van der Waals surface area contributed by atoms with Gasteiger partial charge in [0, 0.05) is 49.4 Å². The van der Waals surface area contributed by atoms with Gasteiger partial charge in [0.2, 0.25) is 5.91 Å². The number of thioether (sulfide) groups is 1. The van der Waals surface area contributed by atoms with Gasteiger partial charge in [-0.25, -0.2) is 0 Å². The van der Waals surface area contributed by atoms with E-state index in [1.54, 1.807) is 21.6 Å². The van der Waals surface area contributed by atoms with Crippen molar-refractivity contribution in [1.82, 2.24) is 4.90 Å². The molecule has 1 N–H and O–H groups in total. The fourth-order valence-corrected chi connectivity index (χ4v) is 8.62. The molecule has 1 unspecified atom stereocenters. The zero-order valence-corrected chi connectivity index (χ0v) is 23.6. The predicted molar refractivity (Wildman–Crippen MR) is 154 cm³/mol. The predicted octanol–water partition coefficient (Wildman–Crippen LogP) is 3.40. The molecular weight excluding hydrogens is 514 g/mol. The normalized spacial score (nSPS) is 29.6. The van der Waals surface area contributed by atoms with E-state index in [0.717, 1.165) is 50.1 Å². The number of nitrogens with zero attached hydrogens (tertiary/aromatic N) is 3. The Hall–Kier alpha value is -2.78. The van der Waals surface area contributed by atoms with Gasteiger partial charge in [-0.15, -0.1) is 11.8 Å². The van der Waals surface area contributed by atoms with Crippen LogP contribution in [0.3, 0.4) is 0 Å². The zero-order valence-electron chi connectivity index (χ0n) is 22.8. The summed E-state index contributed by atoms with van der Waals surface area (Å²) in [5.74, 6) is -1.85. The average Bonchev–Trinajstić information content (AvgIpc) is 3.23. The van der Waals surface area contributed by atoms with Crippen molar-refractivity contribution in [2.75, 3.05) is 49.2 Å². The second-order valence-electron chi connectivity index (χ2n) is 10.6. The van der Waals surface area contributed by atoms with Crippen LogP contribution >= 0.6 is 11.8 Å². The van der Waals surface area contributed by atoms with E-state index >= 15 is 0 Å². The molecule has 39 heavy (non-hydrogen) atoms. The Morgan fingerprint density at radius 1 is 1.03 bits per heavy atom. The molecule has 1 aromatic rings. The number of esters is 1. The molecule has 4 aliphatic rings. The lowest BCUT2D eigenvalue weighted by atomic mass is 9.78. The molecule has 0 aliphatic carbocycles. The number of carbonyl (C=O) groups excluding carboxylic acids is 3. The number of hydrogen-bond donors (Lipinski definition) is 1. The molecule has 0 aromatic heterocycles. The quantitative estimate of drug-likeness (QED) is 0.270. The van der Waals surface area contributed by atoms with Crippen molar-refractivity contribution in [3.05, 3.63) is 48.6 Å². The number of aliphatic hydroxyl groups excluding tert-OH is 1. The lowest BCUT2D eigenvalue weighted by molar-refractivity contribution is -0.151. The lowest BCUT2D eigenvalue weighted by Gasteiger charge is -2.35. The van der Waals surface area contributed by atoms with Gasteiger partial charge in [0.05, 0.1) is 16.6 Å². The molecule has 1 spiro atoms. The number of ether oxygens (including phenoxy) is 1. The molecule has 4 heterocycles. The van der Waals surface area contributed by atoms with Gasteiger partial charge in [-0.2, -0.15) is 0 Å². The Bertz CT molecular complexity index is 1130. The summed E-state index contributed by atoms with van der Waals surface area (Å²) >= 11 is 1.57. The Labute approximate surface area is 235 Å². The van der Waals surface area contributed by atoms with Gasteiger partial charge in [-0.05, 0) is 51.0 Å². The zero-order chi connectivity index (χ0) is 27.6. The lowest BCUT2D eigenvalue weighted by Crippen LogP contribution is -2.53. The van der Waals surface area contributed by atoms with Crippen molar-refractivity contribution in [2.45, 2.75) is 55.6 Å². The Kier molecular flexibility index (Phi) is 8.38. The number of unbranched alkanes of at least 4 members (excludes halogenated alkanes) is 3. The standard InChI is InChI=1S/C30H39N3O5S/c1-3-31(4-2)21-12-14-22(15-13-21)32-18-10-16-30-25(24-23(39-30)11-9-20-38-29(24)37)27(35)33(26(30)28(32)36)17-7-5-6-8-19-34/h9-16,23-26,34H,3-8,17-20H2,1-2H3/t23-,24+,25-,26?,30-/m0/s1. The van der Waals surface area contributed by atoms with Crippen LogP contribution in [0, 0.1) is 11.8 Å². The number of anilines is 2. The highest BCUT2D eigenvalue weighted by Gasteiger charge is 2.71. The summed E-state index contributed by atoms with van der Waals surface area (Å²) < 4.78 is 4.62. The van der Waals surface area contributed by atoms with Crippen LogP contribution in [0.2, 0.25) is 0 Å². The molecule has 210 valence electrons. The second-order valence-corrected chi connectivity index (χ2v) is 12.1. The van der Waals surface area contributed by atoms with Crippen LogP contribution in [0.15, 0.2) is 48.6 Å². The average molecular weight is 554 g/mol. The van der Waals surface area contributed by atoms with Crippen molar-refractivity contribution in [1.29, 1.82) is 0 Å². The van der Waals surface area contributed by atoms with E-state index in [9.17, 15) is 14.4 Å². The number of likely N-dealkylation sites (tertiary alicyclic amines) is 1. The van der Waals surface area contributed by atoms with Gasteiger partial charge in [0.15, 0.2) is 0 Å². The molecule has 9 heteroatoms. The van der Waals surface area contributed by atoms with Crippen molar-refractivity contribution in [3.8, 4) is 0 Å². The summed E-state index contributed by atoms with van der Waals surface area (Å²) in [6.45, 7) is 7.26. The van der Waals surface area contributed by atoms with Crippen LogP contribution < -0.4 is 9.80 Å². The number of fused-ring (bicyclic) bond motifs is 2. The van der Waals surface area contributed by atoms with E-state index in [0.29, 0.717) is 13.1 Å². The monoisotopic (exact) mass is 553 g/mol. The maximum Gasteiger partial charge on any atom is 0.311 e. The number of hydrogen-bond acceptors (Lipinski definition) is 7. The van der Waals surface area contributed by atoms with E-state index in [4.69, 9.17) is 9.84 Å². The topological polar surface area (TPSA) is 90.4 Å². The number of cyclic esters (lactones) is 1. The SMILES string of the molecule is CCN(CC)c1ccc(N2CC=C[C@]34S[C@H]5C=CCOC(=O)[C@H]5[C@H]3C(=O)N(CCCCCCO)C4C2=O)cc1. The van der Waals surface area contributed by atoms with E-state index in [-0.39, 0.29) is 36.2 Å². The molecule has 2 saturated heterocycles. The number of benzene rings is 1. The first-order chi connectivity index (χ1) is 19.0. The van der Waals surface area contributed by atoms with Gasteiger partial charge in [-0.1, -0.05) is 37.1 Å². The van der Waals surface area contributed by atoms with Crippen molar-refractivity contribution in [2.24, 2.45) is 11.8 Å². The summed E-state index contributed by atoms with van der Waals surface area (Å²) in [6, 6.07) is 7.36. The minimum absolute atomic E-state index is 0.108. The van der Waals surface area contributed by atoms with Crippen LogP contribution in [-0.2, 0) is 19.1 Å². The van der Waals surface area contributed by atoms with E-state index in [1.807, 2.05) is 48.6 Å². The number of aliphatic hydroxyl groups is 1. The largest absolute Gasteiger partial charge is 0.461 e. The highest BCUT2D eigenvalue weighted by Crippen LogP contribution is 2.61.